The lowest BCUT2D eigenvalue weighted by molar-refractivity contribution is -0.383. The summed E-state index contributed by atoms with van der Waals surface area (Å²) in [5.74, 6) is 0. The molecule has 0 bridgehead atoms. The number of aryl methyl sites for hydroxylation is 1. The predicted molar refractivity (Wildman–Crippen MR) is 77.8 cm³/mol. The lowest BCUT2D eigenvalue weighted by atomic mass is 10.0. The smallest absolute Gasteiger partial charge is 0.274 e. The monoisotopic (exact) mass is 321 g/mol. The molecule has 118 valence electrons. The van der Waals surface area contributed by atoms with Gasteiger partial charge in [0.1, 0.15) is 0 Å². The first kappa shape index (κ1) is 15.0. The molecule has 0 aliphatic carbocycles. The first-order chi connectivity index (χ1) is 10.8. The predicted octanol–water partition coefficient (Wildman–Crippen LogP) is 4.17. The average molecular weight is 321 g/mol. The van der Waals surface area contributed by atoms with Crippen molar-refractivity contribution in [3.8, 4) is 11.1 Å². The summed E-state index contributed by atoms with van der Waals surface area (Å²) in [4.78, 5) is 10.6. The Kier molecular flexibility index (Phi) is 3.32. The number of nitrogens with zero attached hydrogens (tertiary/aromatic N) is 3. The van der Waals surface area contributed by atoms with E-state index in [0.717, 1.165) is 12.1 Å². The van der Waals surface area contributed by atoms with Gasteiger partial charge in [-0.3, -0.25) is 14.8 Å². The van der Waals surface area contributed by atoms with Crippen LogP contribution in [0.25, 0.3) is 22.0 Å². The van der Waals surface area contributed by atoms with E-state index in [2.05, 4.69) is 5.10 Å². The summed E-state index contributed by atoms with van der Waals surface area (Å²) in [6, 6.07) is 7.48. The Labute approximate surface area is 128 Å². The van der Waals surface area contributed by atoms with E-state index in [4.69, 9.17) is 0 Å². The van der Waals surface area contributed by atoms with Gasteiger partial charge in [0.2, 0.25) is 0 Å². The average Bonchev–Trinajstić information content (AvgIpc) is 2.85. The zero-order valence-electron chi connectivity index (χ0n) is 11.8. The van der Waals surface area contributed by atoms with Gasteiger partial charge in [0.25, 0.3) is 5.69 Å². The molecule has 1 heterocycles. The van der Waals surface area contributed by atoms with Gasteiger partial charge in [-0.1, -0.05) is 12.1 Å². The van der Waals surface area contributed by atoms with Crippen LogP contribution in [0.3, 0.4) is 0 Å². The van der Waals surface area contributed by atoms with Gasteiger partial charge >= 0.3 is 6.18 Å². The van der Waals surface area contributed by atoms with Crippen molar-refractivity contribution in [2.24, 2.45) is 7.05 Å². The highest BCUT2D eigenvalue weighted by atomic mass is 19.4. The van der Waals surface area contributed by atoms with E-state index in [1.54, 1.807) is 19.3 Å². The minimum atomic E-state index is -4.42. The molecule has 0 saturated heterocycles. The van der Waals surface area contributed by atoms with Crippen molar-refractivity contribution in [1.82, 2.24) is 9.78 Å². The second kappa shape index (κ2) is 5.08. The lowest BCUT2D eigenvalue weighted by Crippen LogP contribution is -2.04. The van der Waals surface area contributed by atoms with Crippen LogP contribution < -0.4 is 0 Å². The molecule has 3 aromatic rings. The van der Waals surface area contributed by atoms with Crippen LogP contribution in [0.15, 0.2) is 42.6 Å². The first-order valence-corrected chi connectivity index (χ1v) is 6.55. The van der Waals surface area contributed by atoms with Crippen molar-refractivity contribution < 1.29 is 18.1 Å². The molecule has 0 saturated carbocycles. The number of hydrogen-bond donors (Lipinski definition) is 0. The first-order valence-electron chi connectivity index (χ1n) is 6.55. The van der Waals surface area contributed by atoms with Crippen LogP contribution >= 0.6 is 0 Å². The number of nitro benzene ring substituents is 1. The topological polar surface area (TPSA) is 61.0 Å². The van der Waals surface area contributed by atoms with Crippen LogP contribution in [0.4, 0.5) is 18.9 Å². The van der Waals surface area contributed by atoms with Crippen molar-refractivity contribution in [3.63, 3.8) is 0 Å². The second-order valence-corrected chi connectivity index (χ2v) is 5.07. The van der Waals surface area contributed by atoms with Crippen molar-refractivity contribution in [1.29, 1.82) is 0 Å². The fraction of sp³-hybridized carbons (Fsp3) is 0.133. The number of alkyl halides is 3. The molecular weight excluding hydrogens is 311 g/mol. The third kappa shape index (κ3) is 2.75. The molecule has 8 heteroatoms. The molecule has 0 amide bonds. The summed E-state index contributed by atoms with van der Waals surface area (Å²) in [7, 11) is 1.64. The van der Waals surface area contributed by atoms with E-state index in [1.165, 1.54) is 22.9 Å². The molecule has 5 nitrogen and oxygen atoms in total. The molecular formula is C15H10F3N3O2. The molecule has 0 N–H and O–H groups in total. The maximum atomic E-state index is 12.6. The Morgan fingerprint density at radius 3 is 2.35 bits per heavy atom. The zero-order valence-corrected chi connectivity index (χ0v) is 11.8. The van der Waals surface area contributed by atoms with Crippen LogP contribution in [-0.2, 0) is 13.2 Å². The molecule has 0 fully saturated rings. The Morgan fingerprint density at radius 1 is 1.13 bits per heavy atom. The zero-order chi connectivity index (χ0) is 16.8. The molecule has 0 aliphatic heterocycles. The Bertz CT molecular complexity index is 899. The number of non-ortho nitro benzene ring substituents is 1. The Hall–Kier alpha value is -2.90. The molecule has 2 aromatic carbocycles. The number of aromatic nitrogens is 2. The summed E-state index contributed by atoms with van der Waals surface area (Å²) in [5.41, 5.74) is 0.224. The van der Waals surface area contributed by atoms with Gasteiger partial charge in [0, 0.05) is 24.7 Å². The SMILES string of the molecule is Cn1cc2cc(-c3ccc(C(F)(F)F)cc3)cc([N+](=O)[O-])c2n1. The van der Waals surface area contributed by atoms with Gasteiger partial charge in [0.15, 0.2) is 5.52 Å². The lowest BCUT2D eigenvalue weighted by Gasteiger charge is -2.08. The van der Waals surface area contributed by atoms with Crippen LogP contribution in [0.2, 0.25) is 0 Å². The highest BCUT2D eigenvalue weighted by Crippen LogP contribution is 2.34. The third-order valence-corrected chi connectivity index (χ3v) is 3.45. The van der Waals surface area contributed by atoms with Crippen LogP contribution in [0.1, 0.15) is 5.56 Å². The number of rotatable bonds is 2. The molecule has 0 atom stereocenters. The maximum Gasteiger partial charge on any atom is 0.416 e. The van der Waals surface area contributed by atoms with Crippen LogP contribution in [-0.4, -0.2) is 14.7 Å². The molecule has 1 aromatic heterocycles. The summed E-state index contributed by atoms with van der Waals surface area (Å²) in [6.07, 6.45) is -2.80. The molecule has 0 aliphatic rings. The summed E-state index contributed by atoms with van der Waals surface area (Å²) < 4.78 is 39.3. The van der Waals surface area contributed by atoms with Crippen LogP contribution in [0, 0.1) is 10.1 Å². The maximum absolute atomic E-state index is 12.6. The van der Waals surface area contributed by atoms with Gasteiger partial charge in [0.05, 0.1) is 10.5 Å². The molecule has 0 unspecified atom stereocenters. The molecule has 0 spiro atoms. The van der Waals surface area contributed by atoms with Gasteiger partial charge in [-0.25, -0.2) is 0 Å². The molecule has 23 heavy (non-hydrogen) atoms. The fourth-order valence-electron chi connectivity index (χ4n) is 2.39. The van der Waals surface area contributed by atoms with Crippen molar-refractivity contribution in [3.05, 3.63) is 58.3 Å². The normalized spacial score (nSPS) is 11.8. The number of nitro groups is 1. The minimum absolute atomic E-state index is 0.182. The summed E-state index contributed by atoms with van der Waals surface area (Å²) in [6.45, 7) is 0. The van der Waals surface area contributed by atoms with E-state index in [-0.39, 0.29) is 11.2 Å². The number of benzene rings is 2. The molecule has 3 rings (SSSR count). The van der Waals surface area contributed by atoms with Gasteiger partial charge in [-0.05, 0) is 29.3 Å². The summed E-state index contributed by atoms with van der Waals surface area (Å²) >= 11 is 0. The van der Waals surface area contributed by atoms with Crippen molar-refractivity contribution in [2.75, 3.05) is 0 Å². The van der Waals surface area contributed by atoms with E-state index in [0.29, 0.717) is 16.5 Å². The summed E-state index contributed by atoms with van der Waals surface area (Å²) in [5, 5.41) is 15.8. The van der Waals surface area contributed by atoms with Crippen molar-refractivity contribution >= 4 is 16.6 Å². The Morgan fingerprint density at radius 2 is 1.78 bits per heavy atom. The fourth-order valence-corrected chi connectivity index (χ4v) is 2.39. The van der Waals surface area contributed by atoms with Gasteiger partial charge < -0.3 is 0 Å². The van der Waals surface area contributed by atoms with Gasteiger partial charge in [-0.2, -0.15) is 18.3 Å². The third-order valence-electron chi connectivity index (χ3n) is 3.45. The standard InChI is InChI=1S/C15H10F3N3O2/c1-20-8-11-6-10(7-13(21(22)23)14(11)19-20)9-2-4-12(5-3-9)15(16,17)18/h2-8H,1H3. The number of hydrogen-bond acceptors (Lipinski definition) is 3. The van der Waals surface area contributed by atoms with Crippen LogP contribution in [0.5, 0.6) is 0 Å². The molecule has 0 radical (unpaired) electrons. The van der Waals surface area contributed by atoms with E-state index < -0.39 is 16.7 Å². The second-order valence-electron chi connectivity index (χ2n) is 5.07. The van der Waals surface area contributed by atoms with Gasteiger partial charge in [-0.15, -0.1) is 0 Å². The number of fused-ring (bicyclic) bond motifs is 1. The quantitative estimate of drug-likeness (QED) is 0.526. The minimum Gasteiger partial charge on any atom is -0.274 e. The highest BCUT2D eigenvalue weighted by Gasteiger charge is 2.30. The highest BCUT2D eigenvalue weighted by molar-refractivity contribution is 5.91. The Balaban J connectivity index is 2.14. The van der Waals surface area contributed by atoms with E-state index in [9.17, 15) is 23.3 Å². The largest absolute Gasteiger partial charge is 0.416 e. The van der Waals surface area contributed by atoms with E-state index >= 15 is 0 Å². The van der Waals surface area contributed by atoms with E-state index in [1.807, 2.05) is 0 Å². The number of halogens is 3. The van der Waals surface area contributed by atoms with Crippen molar-refractivity contribution in [2.45, 2.75) is 6.18 Å².